The lowest BCUT2D eigenvalue weighted by Crippen LogP contribution is -1.92. The number of halogens is 1. The molecule has 0 saturated heterocycles. The van der Waals surface area contributed by atoms with Crippen LogP contribution in [0.5, 0.6) is 0 Å². The Morgan fingerprint density at radius 2 is 2.28 bits per heavy atom. The van der Waals surface area contributed by atoms with Gasteiger partial charge in [-0.3, -0.25) is 14.9 Å². The minimum absolute atomic E-state index is 0.0261. The van der Waals surface area contributed by atoms with E-state index in [9.17, 15) is 19.3 Å². The van der Waals surface area contributed by atoms with Crippen LogP contribution in [0.15, 0.2) is 18.2 Å². The van der Waals surface area contributed by atoms with Gasteiger partial charge >= 0.3 is 5.69 Å². The van der Waals surface area contributed by atoms with Crippen LogP contribution in [0.4, 0.5) is 10.1 Å². The van der Waals surface area contributed by atoms with Gasteiger partial charge in [0.15, 0.2) is 5.12 Å². The van der Waals surface area contributed by atoms with Crippen LogP contribution >= 0.6 is 11.8 Å². The van der Waals surface area contributed by atoms with E-state index >= 15 is 0 Å². The van der Waals surface area contributed by atoms with Crippen molar-refractivity contribution in [2.75, 3.05) is 5.75 Å². The Hall–Kier alpha value is -1.87. The van der Waals surface area contributed by atoms with E-state index in [0.717, 1.165) is 12.1 Å². The fraction of sp³-hybridized carbons (Fsp3) is 0.250. The van der Waals surface area contributed by atoms with Crippen LogP contribution in [-0.4, -0.2) is 15.8 Å². The lowest BCUT2D eigenvalue weighted by molar-refractivity contribution is -0.387. The zero-order chi connectivity index (χ0) is 13.5. The standard InChI is InChI=1S/C12H10FNO3S/c1-9(15)18-7-3-2-4-10-5-6-12(14(16)17)11(13)8-10/h5-6,8H,3,7H2,1H3. The smallest absolute Gasteiger partial charge is 0.288 e. The summed E-state index contributed by atoms with van der Waals surface area (Å²) in [5, 5.41) is 10.4. The number of thioether (sulfide) groups is 1. The van der Waals surface area contributed by atoms with Crippen molar-refractivity contribution in [1.82, 2.24) is 0 Å². The molecule has 94 valence electrons. The van der Waals surface area contributed by atoms with E-state index < -0.39 is 16.4 Å². The SMILES string of the molecule is CC(=O)SCCC#Cc1ccc([N+](=O)[O-])c(F)c1. The quantitative estimate of drug-likeness (QED) is 0.365. The Morgan fingerprint density at radius 1 is 1.56 bits per heavy atom. The summed E-state index contributed by atoms with van der Waals surface area (Å²) in [7, 11) is 0. The van der Waals surface area contributed by atoms with Crippen molar-refractivity contribution in [2.24, 2.45) is 0 Å². The van der Waals surface area contributed by atoms with Crippen LogP contribution in [0.3, 0.4) is 0 Å². The molecule has 0 amide bonds. The van der Waals surface area contributed by atoms with E-state index in [1.54, 1.807) is 0 Å². The van der Waals surface area contributed by atoms with Crippen molar-refractivity contribution in [2.45, 2.75) is 13.3 Å². The molecule has 0 radical (unpaired) electrons. The molecule has 0 saturated carbocycles. The van der Waals surface area contributed by atoms with Gasteiger partial charge in [0.25, 0.3) is 0 Å². The predicted octanol–water partition coefficient (Wildman–Crippen LogP) is 2.76. The molecule has 0 aliphatic rings. The number of carbonyl (C=O) groups is 1. The lowest BCUT2D eigenvalue weighted by Gasteiger charge is -1.94. The molecule has 0 atom stereocenters. The monoisotopic (exact) mass is 267 g/mol. The average molecular weight is 267 g/mol. The summed E-state index contributed by atoms with van der Waals surface area (Å²) >= 11 is 1.17. The summed E-state index contributed by atoms with van der Waals surface area (Å²) < 4.78 is 13.2. The Morgan fingerprint density at radius 3 is 2.83 bits per heavy atom. The van der Waals surface area contributed by atoms with Crippen molar-refractivity contribution in [1.29, 1.82) is 0 Å². The van der Waals surface area contributed by atoms with Crippen molar-refractivity contribution in [3.8, 4) is 11.8 Å². The second kappa shape index (κ2) is 6.77. The fourth-order valence-corrected chi connectivity index (χ4v) is 1.63. The highest BCUT2D eigenvalue weighted by atomic mass is 32.2. The number of carbonyl (C=O) groups excluding carboxylic acids is 1. The van der Waals surface area contributed by atoms with Gasteiger partial charge in [-0.25, -0.2) is 0 Å². The molecule has 1 aromatic rings. The van der Waals surface area contributed by atoms with Gasteiger partial charge in [-0.05, 0) is 12.1 Å². The highest BCUT2D eigenvalue weighted by Gasteiger charge is 2.12. The maximum atomic E-state index is 13.2. The molecular formula is C12H10FNO3S. The first-order valence-corrected chi connectivity index (χ1v) is 6.05. The van der Waals surface area contributed by atoms with Crippen LogP contribution in [0, 0.1) is 27.8 Å². The van der Waals surface area contributed by atoms with E-state index in [-0.39, 0.29) is 5.12 Å². The molecule has 0 bridgehead atoms. The first kappa shape index (κ1) is 14.2. The van der Waals surface area contributed by atoms with Crippen molar-refractivity contribution in [3.05, 3.63) is 39.7 Å². The van der Waals surface area contributed by atoms with Crippen molar-refractivity contribution in [3.63, 3.8) is 0 Å². The van der Waals surface area contributed by atoms with Crippen LogP contribution in [0.25, 0.3) is 0 Å². The second-order valence-corrected chi connectivity index (χ2v) is 4.59. The average Bonchev–Trinajstić information content (AvgIpc) is 2.27. The van der Waals surface area contributed by atoms with Gasteiger partial charge in [-0.2, -0.15) is 4.39 Å². The van der Waals surface area contributed by atoms with Gasteiger partial charge in [0, 0.05) is 30.7 Å². The van der Waals surface area contributed by atoms with Gasteiger partial charge < -0.3 is 0 Å². The lowest BCUT2D eigenvalue weighted by atomic mass is 10.2. The zero-order valence-electron chi connectivity index (χ0n) is 9.60. The number of benzene rings is 1. The fourth-order valence-electron chi connectivity index (χ4n) is 1.14. The molecular weight excluding hydrogens is 257 g/mol. The number of rotatable bonds is 3. The van der Waals surface area contributed by atoms with Crippen molar-refractivity contribution < 1.29 is 14.1 Å². The molecule has 0 fully saturated rings. The number of hydrogen-bond acceptors (Lipinski definition) is 4. The van der Waals surface area contributed by atoms with Crippen molar-refractivity contribution >= 4 is 22.6 Å². The van der Waals surface area contributed by atoms with Crippen LogP contribution < -0.4 is 0 Å². The molecule has 1 aromatic carbocycles. The van der Waals surface area contributed by atoms with Gasteiger partial charge in [0.05, 0.1) is 4.92 Å². The summed E-state index contributed by atoms with van der Waals surface area (Å²) in [5.41, 5.74) is -0.182. The molecule has 0 aromatic heterocycles. The predicted molar refractivity (Wildman–Crippen MR) is 67.7 cm³/mol. The zero-order valence-corrected chi connectivity index (χ0v) is 10.4. The van der Waals surface area contributed by atoms with E-state index in [1.165, 1.54) is 24.8 Å². The van der Waals surface area contributed by atoms with E-state index in [2.05, 4.69) is 11.8 Å². The molecule has 0 aliphatic carbocycles. The number of hydrogen-bond donors (Lipinski definition) is 0. The Labute approximate surface area is 108 Å². The van der Waals surface area contributed by atoms with E-state index in [1.807, 2.05) is 0 Å². The molecule has 0 N–H and O–H groups in total. The summed E-state index contributed by atoms with van der Waals surface area (Å²) in [6, 6.07) is 3.51. The van der Waals surface area contributed by atoms with Gasteiger partial charge in [0.1, 0.15) is 0 Å². The molecule has 1 rings (SSSR count). The first-order valence-electron chi connectivity index (χ1n) is 5.07. The number of nitro benzene ring substituents is 1. The normalized spacial score (nSPS) is 9.44. The largest absolute Gasteiger partial charge is 0.304 e. The first-order chi connectivity index (χ1) is 8.50. The topological polar surface area (TPSA) is 60.2 Å². The molecule has 0 spiro atoms. The van der Waals surface area contributed by atoms with Gasteiger partial charge in [-0.1, -0.05) is 23.6 Å². The summed E-state index contributed by atoms with van der Waals surface area (Å²) in [6.45, 7) is 1.48. The molecule has 0 aliphatic heterocycles. The van der Waals surface area contributed by atoms with Gasteiger partial charge in [-0.15, -0.1) is 0 Å². The van der Waals surface area contributed by atoms with Crippen LogP contribution in [-0.2, 0) is 4.79 Å². The molecule has 0 unspecified atom stereocenters. The maximum absolute atomic E-state index is 13.2. The number of nitro groups is 1. The summed E-state index contributed by atoms with van der Waals surface area (Å²) in [6.07, 6.45) is 0.503. The second-order valence-electron chi connectivity index (χ2n) is 3.32. The molecule has 6 heteroatoms. The van der Waals surface area contributed by atoms with E-state index in [0.29, 0.717) is 17.7 Å². The third kappa shape index (κ3) is 4.55. The minimum Gasteiger partial charge on any atom is -0.288 e. The highest BCUT2D eigenvalue weighted by Crippen LogP contribution is 2.17. The number of nitrogens with zero attached hydrogens (tertiary/aromatic N) is 1. The minimum atomic E-state index is -0.898. The van der Waals surface area contributed by atoms with Gasteiger partial charge in [0.2, 0.25) is 5.82 Å². The highest BCUT2D eigenvalue weighted by molar-refractivity contribution is 8.13. The molecule has 18 heavy (non-hydrogen) atoms. The van der Waals surface area contributed by atoms with Crippen LogP contribution in [0.1, 0.15) is 18.9 Å². The molecule has 0 heterocycles. The van der Waals surface area contributed by atoms with E-state index in [4.69, 9.17) is 0 Å². The third-order valence-electron chi connectivity index (χ3n) is 1.91. The Balaban J connectivity index is 2.64. The summed E-state index contributed by atoms with van der Waals surface area (Å²) in [4.78, 5) is 20.2. The third-order valence-corrected chi connectivity index (χ3v) is 2.72. The molecule has 4 nitrogen and oxygen atoms in total. The Bertz CT molecular complexity index is 534. The Kier molecular flexibility index (Phi) is 5.33. The maximum Gasteiger partial charge on any atom is 0.304 e. The van der Waals surface area contributed by atoms with Crippen LogP contribution in [0.2, 0.25) is 0 Å². The summed E-state index contributed by atoms with van der Waals surface area (Å²) in [5.74, 6) is 5.14.